The molecule has 35 nitrogen and oxygen atoms in total. The van der Waals surface area contributed by atoms with Crippen LogP contribution in [0.5, 0.6) is 0 Å². The van der Waals surface area contributed by atoms with Crippen molar-refractivity contribution in [3.63, 3.8) is 0 Å². The van der Waals surface area contributed by atoms with E-state index in [1.54, 1.807) is 39.2 Å². The molecule has 2 aromatic rings. The molecule has 0 bridgehead atoms. The molecular formula is C84H121F2N9O26S. The number of ketones is 4. The van der Waals surface area contributed by atoms with E-state index in [2.05, 4.69) is 31.6 Å². The molecule has 10 rings (SSSR count). The number of primary amides is 1. The average molecular weight is 1740 g/mol. The quantitative estimate of drug-likeness (QED) is 0.0248. The minimum atomic E-state index is -2.43. The fraction of sp³-hybridized carbons (Fsp3) is 0.726. The first kappa shape index (κ1) is 96.5. The number of carbonyl (C=O) groups is 11. The highest BCUT2D eigenvalue weighted by Crippen LogP contribution is 2.72. The van der Waals surface area contributed by atoms with Crippen LogP contribution in [-0.2, 0) is 104 Å². The molecule has 0 radical (unpaired) electrons. The molecule has 0 spiro atoms. The Bertz CT molecular complexity index is 4030. The van der Waals surface area contributed by atoms with Crippen molar-refractivity contribution in [3.8, 4) is 0 Å². The van der Waals surface area contributed by atoms with E-state index in [-0.39, 0.29) is 184 Å². The number of allylic oxidation sites excluding steroid dienone is 4. The van der Waals surface area contributed by atoms with Crippen LogP contribution in [0.1, 0.15) is 179 Å². The zero-order valence-electron chi connectivity index (χ0n) is 70.2. The number of anilines is 1. The fourth-order valence-corrected chi connectivity index (χ4v) is 19.3. The normalized spacial score (nSPS) is 29.9. The molecule has 3 saturated carbocycles. The van der Waals surface area contributed by atoms with Crippen LogP contribution in [0.15, 0.2) is 48.1 Å². The number of nitrogens with two attached hydrogens (primary N) is 1. The van der Waals surface area contributed by atoms with Crippen molar-refractivity contribution in [2.75, 3.05) is 104 Å². The number of unbranched alkanes of at least 4 members (excludes halogenated alkanes) is 1. The number of aliphatic hydroxyl groups is 5. The van der Waals surface area contributed by atoms with E-state index in [0.717, 1.165) is 25.3 Å². The Hall–Kier alpha value is -7.70. The van der Waals surface area contributed by atoms with Gasteiger partial charge in [-0.3, -0.25) is 48.1 Å². The molecule has 11 N–H and O–H groups in total. The summed E-state index contributed by atoms with van der Waals surface area (Å²) in [6, 6.07) is 4.17. The van der Waals surface area contributed by atoms with Crippen molar-refractivity contribution in [1.29, 1.82) is 0 Å². The maximum absolute atomic E-state index is 18.1. The largest absolute Gasteiger partial charge is 0.509 e. The summed E-state index contributed by atoms with van der Waals surface area (Å²) in [4.78, 5) is 149. The first-order valence-corrected chi connectivity index (χ1v) is 43.8. The summed E-state index contributed by atoms with van der Waals surface area (Å²) in [7, 11) is 0. The number of amides is 7. The zero-order valence-corrected chi connectivity index (χ0v) is 71.1. The highest BCUT2D eigenvalue weighted by atomic mass is 32.2. The number of carbonyl (C=O) groups excluding carboxylic acids is 11. The Labute approximate surface area is 711 Å². The third-order valence-electron chi connectivity index (χ3n) is 25.2. The number of urea groups is 1. The lowest BCUT2D eigenvalue weighted by Gasteiger charge is -2.63. The Morgan fingerprint density at radius 1 is 0.795 bits per heavy atom. The Kier molecular flexibility index (Phi) is 35.2. The number of halogens is 2. The van der Waals surface area contributed by atoms with Crippen molar-refractivity contribution in [1.82, 2.24) is 35.8 Å². The molecule has 38 heteroatoms. The van der Waals surface area contributed by atoms with Crippen molar-refractivity contribution in [2.24, 2.45) is 46.2 Å². The lowest BCUT2D eigenvalue weighted by molar-refractivity contribution is -0.254. The van der Waals surface area contributed by atoms with Gasteiger partial charge in [0.15, 0.2) is 42.0 Å². The first-order chi connectivity index (χ1) is 58.3. The topological polar surface area (TPSA) is 489 Å². The van der Waals surface area contributed by atoms with E-state index in [0.29, 0.717) is 55.5 Å². The number of likely N-dealkylation sites (tertiary alicyclic amines) is 1. The molecule has 7 amide bonds. The molecule has 5 aliphatic carbocycles. The summed E-state index contributed by atoms with van der Waals surface area (Å²) < 4.78 is 93.8. The van der Waals surface area contributed by atoms with E-state index < -0.39 is 180 Å². The SMILES string of the molecule is CCCC1O[C@@H]2C[C@H]3[C@@H]4C[C@H](F)C5=CC(=O)C=C[C@]5(C)[C@@]4(F)[C@@H](O)C[C@]3(C)[C@]2(C(=O)COC(=O)OCc2ccc(NC(=O)[C@H](CCCNC(N)=O)CC(=O)[C@@H](NC(=O)[C@@H](CCCCNC(=O)COC3CCCCCc4c3nnn4[C@@H]3O[C@H](CO)[C@H](O)[C@H](O)[C@H]3O)CC(=O)CCOCCOCCOCCOCCN3C(=O)CC(SC)C3=O)C(C)C)cc2)O1. The molecule has 1 aromatic heterocycles. The number of Topliss-reactive ketones (excluding diaryl/α,β-unsaturated/α-hetero) is 3. The summed E-state index contributed by atoms with van der Waals surface area (Å²) in [6.07, 6.45) is -4.92. The van der Waals surface area contributed by atoms with Gasteiger partial charge in [-0.1, -0.05) is 76.8 Å². The Morgan fingerprint density at radius 2 is 1.48 bits per heavy atom. The van der Waals surface area contributed by atoms with E-state index in [1.165, 1.54) is 52.6 Å². The van der Waals surface area contributed by atoms with E-state index >= 15 is 8.78 Å². The van der Waals surface area contributed by atoms with Gasteiger partial charge < -0.3 is 99.9 Å². The monoisotopic (exact) mass is 1740 g/mol. The molecule has 1 aromatic carbocycles. The third-order valence-corrected chi connectivity index (χ3v) is 26.1. The summed E-state index contributed by atoms with van der Waals surface area (Å²) in [6.45, 7) is 8.16. The first-order valence-electron chi connectivity index (χ1n) is 42.5. The number of rotatable bonds is 47. The van der Waals surface area contributed by atoms with Crippen LogP contribution >= 0.6 is 11.8 Å². The number of hydrogen-bond donors (Lipinski definition) is 10. The van der Waals surface area contributed by atoms with Crippen molar-refractivity contribution in [2.45, 2.75) is 247 Å². The van der Waals surface area contributed by atoms with Crippen LogP contribution in [0.25, 0.3) is 0 Å². The molecule has 678 valence electrons. The summed E-state index contributed by atoms with van der Waals surface area (Å²) in [5.74, 6) is -8.50. The van der Waals surface area contributed by atoms with Gasteiger partial charge in [-0.25, -0.2) is 23.1 Å². The minimum absolute atomic E-state index is 0.00327. The van der Waals surface area contributed by atoms with Crippen LogP contribution in [0, 0.1) is 40.4 Å². The Balaban J connectivity index is 0.714. The molecule has 3 aliphatic heterocycles. The predicted molar refractivity (Wildman–Crippen MR) is 431 cm³/mol. The predicted octanol–water partition coefficient (Wildman–Crippen LogP) is 4.47. The van der Waals surface area contributed by atoms with Gasteiger partial charge in [-0.05, 0) is 131 Å². The minimum Gasteiger partial charge on any atom is -0.429 e. The smallest absolute Gasteiger partial charge is 0.429 e. The van der Waals surface area contributed by atoms with Gasteiger partial charge in [0.1, 0.15) is 61.4 Å². The van der Waals surface area contributed by atoms with Crippen LogP contribution < -0.4 is 27.0 Å². The maximum atomic E-state index is 18.1. The molecule has 4 heterocycles. The fourth-order valence-electron chi connectivity index (χ4n) is 18.6. The standard InChI is InChI=1S/C84H121F2N9O26S/c1-7-14-69-120-66-41-55-56-40-58(85)57-39-53(97)23-25-81(57,4)83(56,86)64(100)43-82(55,5)84(66,121-69)65(101)46-118-80(111)117-45-49-19-21-52(22-20-49)90-75(107)51(16-13-27-89-79(87)110)38-60(99)70(48(2)3)91-76(108)50(37-54(98)24-29-112-31-33-114-35-36-115-34-32-113-30-28-94-68(103)42-63(122-6)77(94)109)15-11-12-26-88-67(102)47-116-61-18-10-8-9-17-59-71(61)92-93-95(59)78-74(106)73(105)72(104)62(44-96)119-78/h19-23,25,39,48,50-51,55-56,58,61-64,66,69-70,72-74,78,96,100,104-106H,7-18,24,26-38,40-47H2,1-6H3,(H,88,102)(H,90,107)(H,91,108)(H3,87,89,110)/t50-,51+,55-,56-,58-,61?,62+,63?,64-,66+,69?,70-,72-,73-,74+,78+,81-,82-,83-,84+/m0/s1. The number of ether oxygens (including phenoxy) is 10. The number of hydrogen-bond acceptors (Lipinski definition) is 29. The van der Waals surface area contributed by atoms with Crippen LogP contribution in [-0.4, -0.2) is 280 Å². The van der Waals surface area contributed by atoms with Crippen molar-refractivity contribution >= 4 is 82.3 Å². The molecular weight excluding hydrogens is 1620 g/mol. The van der Waals surface area contributed by atoms with Crippen LogP contribution in [0.2, 0.25) is 0 Å². The summed E-state index contributed by atoms with van der Waals surface area (Å²) >= 11 is 1.34. The molecule has 6 fully saturated rings. The van der Waals surface area contributed by atoms with Gasteiger partial charge >= 0.3 is 12.2 Å². The Morgan fingerprint density at radius 3 is 2.16 bits per heavy atom. The number of alkyl halides is 2. The lowest BCUT2D eigenvalue weighted by atomic mass is 9.44. The zero-order chi connectivity index (χ0) is 88.2. The second kappa shape index (κ2) is 44.4. The number of benzene rings is 1. The van der Waals surface area contributed by atoms with Crippen LogP contribution in [0.4, 0.5) is 24.1 Å². The number of fused-ring (bicyclic) bond motifs is 8. The van der Waals surface area contributed by atoms with Crippen molar-refractivity contribution in [3.05, 3.63) is 65.0 Å². The average Bonchev–Trinajstić information content (AvgIpc) is 1.54. The highest BCUT2D eigenvalue weighted by Gasteiger charge is 2.80. The molecule has 3 saturated heterocycles. The summed E-state index contributed by atoms with van der Waals surface area (Å²) in [5, 5.41) is 72.9. The number of thioether (sulfide) groups is 1. The van der Waals surface area contributed by atoms with Crippen molar-refractivity contribution < 1.29 is 134 Å². The number of nitrogens with zero attached hydrogens (tertiary/aromatic N) is 4. The molecule has 3 unspecified atom stereocenters. The maximum Gasteiger partial charge on any atom is 0.509 e. The van der Waals surface area contributed by atoms with Crippen LogP contribution in [0.3, 0.4) is 0 Å². The summed E-state index contributed by atoms with van der Waals surface area (Å²) in [5.41, 5.74) is -0.333. The highest BCUT2D eigenvalue weighted by molar-refractivity contribution is 8.00. The number of imide groups is 1. The number of aliphatic hydroxyl groups excluding tert-OH is 5. The molecule has 8 aliphatic rings. The van der Waals surface area contributed by atoms with Gasteiger partial charge in [0, 0.05) is 73.0 Å². The van der Waals surface area contributed by atoms with E-state index in [9.17, 15) is 78.3 Å². The van der Waals surface area contributed by atoms with Gasteiger partial charge in [-0.2, -0.15) is 11.8 Å². The number of aromatic nitrogens is 3. The van der Waals surface area contributed by atoms with Gasteiger partial charge in [0.2, 0.25) is 35.3 Å². The second-order valence-corrected chi connectivity index (χ2v) is 34.6. The number of nitrogens with one attached hydrogen (secondary N) is 4. The van der Waals surface area contributed by atoms with E-state index in [1.807, 2.05) is 6.92 Å². The lowest BCUT2D eigenvalue weighted by Crippen LogP contribution is -2.71. The second-order valence-electron chi connectivity index (χ2n) is 33.5. The van der Waals surface area contributed by atoms with Gasteiger partial charge in [-0.15, -0.1) is 5.10 Å². The third kappa shape index (κ3) is 22.7. The van der Waals surface area contributed by atoms with E-state index in [4.69, 9.17) is 53.1 Å². The van der Waals surface area contributed by atoms with Gasteiger partial charge in [0.05, 0.1) is 95.2 Å². The molecule has 20 atom stereocenters. The van der Waals surface area contributed by atoms with Gasteiger partial charge in [0.25, 0.3) is 0 Å². The molecule has 122 heavy (non-hydrogen) atoms.